The Hall–Kier alpha value is -5.41. The van der Waals surface area contributed by atoms with E-state index in [0.29, 0.717) is 5.89 Å². The highest BCUT2D eigenvalue weighted by Crippen LogP contribution is 2.37. The van der Waals surface area contributed by atoms with Crippen molar-refractivity contribution in [3.63, 3.8) is 0 Å². The second kappa shape index (κ2) is 9.11. The summed E-state index contributed by atoms with van der Waals surface area (Å²) in [7, 11) is 0. The van der Waals surface area contributed by atoms with Crippen LogP contribution in [0.5, 0.6) is 0 Å². The molecule has 0 fully saturated rings. The molecule has 0 atom stereocenters. The molecule has 0 unspecified atom stereocenters. The van der Waals surface area contributed by atoms with Crippen LogP contribution >= 0.6 is 0 Å². The van der Waals surface area contributed by atoms with Crippen molar-refractivity contribution in [2.45, 2.75) is 0 Å². The van der Waals surface area contributed by atoms with Gasteiger partial charge in [0.05, 0.1) is 11.0 Å². The van der Waals surface area contributed by atoms with E-state index in [1.165, 1.54) is 38.5 Å². The van der Waals surface area contributed by atoms with Gasteiger partial charge in [-0.05, 0) is 82.9 Å². The van der Waals surface area contributed by atoms with Gasteiger partial charge in [-0.2, -0.15) is 0 Å². The van der Waals surface area contributed by atoms with Gasteiger partial charge >= 0.3 is 0 Å². The van der Waals surface area contributed by atoms with Crippen LogP contribution in [-0.4, -0.2) is 9.55 Å². The van der Waals surface area contributed by atoms with Crippen molar-refractivity contribution in [3.05, 3.63) is 146 Å². The third-order valence-corrected chi connectivity index (χ3v) is 7.65. The van der Waals surface area contributed by atoms with E-state index in [1.807, 2.05) is 24.3 Å². The van der Waals surface area contributed by atoms with Crippen LogP contribution in [0.4, 0.5) is 0 Å². The first kappa shape index (κ1) is 22.6. The molecule has 0 aliphatic carbocycles. The Morgan fingerprint density at radius 3 is 1.62 bits per heavy atom. The summed E-state index contributed by atoms with van der Waals surface area (Å²) in [5, 5.41) is 2.47. The van der Waals surface area contributed by atoms with E-state index >= 15 is 0 Å². The first-order valence-corrected chi connectivity index (χ1v) is 13.5. The zero-order valence-electron chi connectivity index (χ0n) is 21.7. The van der Waals surface area contributed by atoms with Crippen LogP contribution in [0, 0.1) is 0 Å². The van der Waals surface area contributed by atoms with Crippen LogP contribution in [0.25, 0.3) is 72.3 Å². The van der Waals surface area contributed by atoms with Gasteiger partial charge in [0, 0.05) is 22.0 Å². The predicted octanol–water partition coefficient (Wildman–Crippen LogP) is 9.93. The molecule has 40 heavy (non-hydrogen) atoms. The summed E-state index contributed by atoms with van der Waals surface area (Å²) in [5.41, 5.74) is 11.0. The van der Waals surface area contributed by atoms with Crippen molar-refractivity contribution in [1.82, 2.24) is 9.55 Å². The van der Waals surface area contributed by atoms with Crippen LogP contribution in [-0.2, 0) is 0 Å². The highest BCUT2D eigenvalue weighted by molar-refractivity contribution is 6.11. The maximum absolute atomic E-state index is 5.98. The molecular formula is C37H24N2O. The number of benzene rings is 6. The Labute approximate surface area is 231 Å². The summed E-state index contributed by atoms with van der Waals surface area (Å²) >= 11 is 0. The summed E-state index contributed by atoms with van der Waals surface area (Å²) in [4.78, 5) is 4.66. The monoisotopic (exact) mass is 512 g/mol. The Morgan fingerprint density at radius 1 is 0.450 bits per heavy atom. The SMILES string of the molecule is c1ccc(-c2ccc3c(c2)c2cc(-c4ccc(-c5nc6ccccc6o5)cc4)ccc2n3-c2ccccc2)cc1. The lowest BCUT2D eigenvalue weighted by Gasteiger charge is -2.08. The molecule has 0 N–H and O–H groups in total. The molecule has 3 nitrogen and oxygen atoms in total. The first-order valence-electron chi connectivity index (χ1n) is 13.5. The Kier molecular flexibility index (Phi) is 5.14. The molecule has 0 saturated carbocycles. The molecule has 6 aromatic carbocycles. The molecule has 0 amide bonds. The third kappa shape index (κ3) is 3.71. The van der Waals surface area contributed by atoms with Crippen LogP contribution in [0.15, 0.2) is 150 Å². The Bertz CT molecular complexity index is 2100. The number of rotatable bonds is 4. The van der Waals surface area contributed by atoms with E-state index in [1.54, 1.807) is 0 Å². The van der Waals surface area contributed by atoms with Crippen molar-refractivity contribution in [2.75, 3.05) is 0 Å². The fraction of sp³-hybridized carbons (Fsp3) is 0. The number of hydrogen-bond acceptors (Lipinski definition) is 2. The van der Waals surface area contributed by atoms with Gasteiger partial charge < -0.3 is 8.98 Å². The Balaban J connectivity index is 1.27. The lowest BCUT2D eigenvalue weighted by Crippen LogP contribution is -1.93. The standard InChI is InChI=1S/C37H24N2O/c1-3-9-25(10-4-1)28-19-21-34-31(23-28)32-24-29(20-22-35(32)39(34)30-11-5-2-6-12-30)26-15-17-27(18-16-26)37-38-33-13-7-8-14-36(33)40-37/h1-24H. The average molecular weight is 513 g/mol. The van der Waals surface area contributed by atoms with Crippen molar-refractivity contribution in [2.24, 2.45) is 0 Å². The van der Waals surface area contributed by atoms with E-state index < -0.39 is 0 Å². The summed E-state index contributed by atoms with van der Waals surface area (Å²) in [5.74, 6) is 0.641. The van der Waals surface area contributed by atoms with Crippen molar-refractivity contribution in [1.29, 1.82) is 0 Å². The van der Waals surface area contributed by atoms with Crippen molar-refractivity contribution in [3.8, 4) is 39.4 Å². The topological polar surface area (TPSA) is 31.0 Å². The number of nitrogens with zero attached hydrogens (tertiary/aromatic N) is 2. The second-order valence-corrected chi connectivity index (χ2v) is 10.1. The zero-order valence-corrected chi connectivity index (χ0v) is 21.7. The van der Waals surface area contributed by atoms with Crippen LogP contribution in [0.2, 0.25) is 0 Å². The number of hydrogen-bond donors (Lipinski definition) is 0. The van der Waals surface area contributed by atoms with E-state index in [0.717, 1.165) is 27.9 Å². The second-order valence-electron chi connectivity index (χ2n) is 10.1. The smallest absolute Gasteiger partial charge is 0.227 e. The molecule has 8 rings (SSSR count). The highest BCUT2D eigenvalue weighted by Gasteiger charge is 2.15. The van der Waals surface area contributed by atoms with E-state index in [2.05, 4.69) is 131 Å². The molecule has 0 aliphatic heterocycles. The summed E-state index contributed by atoms with van der Waals surface area (Å²) in [6.07, 6.45) is 0. The quantitative estimate of drug-likeness (QED) is 0.235. The molecular weight excluding hydrogens is 488 g/mol. The van der Waals surface area contributed by atoms with E-state index in [-0.39, 0.29) is 0 Å². The zero-order chi connectivity index (χ0) is 26.5. The normalized spacial score (nSPS) is 11.5. The highest BCUT2D eigenvalue weighted by atomic mass is 16.3. The summed E-state index contributed by atoms with van der Waals surface area (Å²) in [6.45, 7) is 0. The lowest BCUT2D eigenvalue weighted by molar-refractivity contribution is 0.620. The van der Waals surface area contributed by atoms with Gasteiger partial charge in [-0.25, -0.2) is 4.98 Å². The van der Waals surface area contributed by atoms with Crippen LogP contribution in [0.1, 0.15) is 0 Å². The average Bonchev–Trinajstić information content (AvgIpc) is 3.61. The van der Waals surface area contributed by atoms with Crippen molar-refractivity contribution >= 4 is 32.9 Å². The molecule has 0 radical (unpaired) electrons. The van der Waals surface area contributed by atoms with Crippen molar-refractivity contribution < 1.29 is 4.42 Å². The van der Waals surface area contributed by atoms with Gasteiger partial charge in [-0.3, -0.25) is 0 Å². The number of oxazole rings is 1. The minimum absolute atomic E-state index is 0.641. The van der Waals surface area contributed by atoms with Gasteiger partial charge in [0.2, 0.25) is 5.89 Å². The largest absolute Gasteiger partial charge is 0.436 e. The minimum Gasteiger partial charge on any atom is -0.436 e. The fourth-order valence-corrected chi connectivity index (χ4v) is 5.67. The molecule has 0 spiro atoms. The lowest BCUT2D eigenvalue weighted by atomic mass is 9.99. The summed E-state index contributed by atoms with van der Waals surface area (Å²) < 4.78 is 8.34. The van der Waals surface area contributed by atoms with Crippen LogP contribution in [0.3, 0.4) is 0 Å². The molecule has 2 heterocycles. The molecule has 0 aliphatic rings. The molecule has 3 heteroatoms. The molecule has 0 bridgehead atoms. The van der Waals surface area contributed by atoms with Gasteiger partial charge in [-0.15, -0.1) is 0 Å². The fourth-order valence-electron chi connectivity index (χ4n) is 5.67. The molecule has 2 aromatic heterocycles. The number of para-hydroxylation sites is 3. The minimum atomic E-state index is 0.641. The molecule has 188 valence electrons. The van der Waals surface area contributed by atoms with Gasteiger partial charge in [0.25, 0.3) is 0 Å². The predicted molar refractivity (Wildman–Crippen MR) is 165 cm³/mol. The maximum Gasteiger partial charge on any atom is 0.227 e. The first-order chi connectivity index (χ1) is 19.8. The molecule has 8 aromatic rings. The third-order valence-electron chi connectivity index (χ3n) is 7.65. The Morgan fingerprint density at radius 2 is 0.975 bits per heavy atom. The number of aromatic nitrogens is 2. The molecule has 0 saturated heterocycles. The van der Waals surface area contributed by atoms with E-state index in [9.17, 15) is 0 Å². The van der Waals surface area contributed by atoms with Crippen LogP contribution < -0.4 is 0 Å². The van der Waals surface area contributed by atoms with E-state index in [4.69, 9.17) is 4.42 Å². The van der Waals surface area contributed by atoms with Gasteiger partial charge in [0.1, 0.15) is 5.52 Å². The number of fused-ring (bicyclic) bond motifs is 4. The van der Waals surface area contributed by atoms with Gasteiger partial charge in [0.15, 0.2) is 5.58 Å². The van der Waals surface area contributed by atoms with Gasteiger partial charge in [-0.1, -0.05) is 84.9 Å². The summed E-state index contributed by atoms with van der Waals surface area (Å²) in [6, 6.07) is 51.1. The maximum atomic E-state index is 5.98.